The van der Waals surface area contributed by atoms with E-state index in [1.165, 1.54) is 4.31 Å². The van der Waals surface area contributed by atoms with Gasteiger partial charge < -0.3 is 10.2 Å². The Labute approximate surface area is 141 Å². The van der Waals surface area contributed by atoms with Crippen molar-refractivity contribution >= 4 is 16.1 Å². The van der Waals surface area contributed by atoms with E-state index in [1.807, 2.05) is 0 Å². The van der Waals surface area contributed by atoms with Gasteiger partial charge >= 0.3 is 0 Å². The summed E-state index contributed by atoms with van der Waals surface area (Å²) in [4.78, 5) is 14.0. The maximum absolute atomic E-state index is 12.5. The molecule has 1 atom stereocenters. The fraction of sp³-hybridized carbons (Fsp3) is 0.769. The monoisotopic (exact) mass is 357 g/mol. The number of nitrogens with two attached hydrogens (primary N) is 1. The summed E-state index contributed by atoms with van der Waals surface area (Å²) in [5.41, 5.74) is 0.294. The van der Waals surface area contributed by atoms with Crippen LogP contribution in [0.4, 0.5) is 0 Å². The van der Waals surface area contributed by atoms with Crippen LogP contribution in [0.15, 0.2) is 6.20 Å². The Morgan fingerprint density at radius 1 is 1.33 bits per heavy atom. The number of hydrogen-bond donors (Lipinski definition) is 2. The third-order valence-electron chi connectivity index (χ3n) is 4.49. The van der Waals surface area contributed by atoms with Gasteiger partial charge in [0.2, 0.25) is 0 Å². The van der Waals surface area contributed by atoms with E-state index in [-0.39, 0.29) is 19.0 Å². The summed E-state index contributed by atoms with van der Waals surface area (Å²) in [7, 11) is -3.69. The van der Waals surface area contributed by atoms with Crippen LogP contribution < -0.4 is 10.5 Å². The van der Waals surface area contributed by atoms with Gasteiger partial charge in [-0.15, -0.1) is 5.10 Å². The number of piperidine rings is 1. The van der Waals surface area contributed by atoms with E-state index < -0.39 is 10.2 Å². The molecule has 2 aliphatic rings. The van der Waals surface area contributed by atoms with Crippen LogP contribution in [-0.2, 0) is 16.8 Å². The Bertz CT molecular complexity index is 675. The van der Waals surface area contributed by atoms with E-state index in [4.69, 9.17) is 5.14 Å². The standard InChI is InChI=1S/C13H23N7O3S/c14-24(22,23)20-6-4-18(5-7-20)13(21)12-10-19(17-16-12)9-11-2-1-3-15-8-11/h10-11,15H,1-9H2,(H2,14,22,23)/t11-/m1/s1. The normalized spacial score (nSPS) is 23.4. The van der Waals surface area contributed by atoms with Crippen molar-refractivity contribution in [3.05, 3.63) is 11.9 Å². The molecule has 1 aromatic rings. The van der Waals surface area contributed by atoms with E-state index in [1.54, 1.807) is 15.8 Å². The third kappa shape index (κ3) is 4.09. The highest BCUT2D eigenvalue weighted by Gasteiger charge is 2.28. The number of nitrogens with one attached hydrogen (secondary N) is 1. The Balaban J connectivity index is 1.56. The predicted octanol–water partition coefficient (Wildman–Crippen LogP) is -1.76. The lowest BCUT2D eigenvalue weighted by atomic mass is 10.00. The van der Waals surface area contributed by atoms with E-state index >= 15 is 0 Å². The van der Waals surface area contributed by atoms with Crippen molar-refractivity contribution in [2.45, 2.75) is 19.4 Å². The minimum Gasteiger partial charge on any atom is -0.335 e. The molecule has 3 rings (SSSR count). The van der Waals surface area contributed by atoms with Crippen LogP contribution in [0.25, 0.3) is 0 Å². The molecule has 1 aromatic heterocycles. The highest BCUT2D eigenvalue weighted by Crippen LogP contribution is 2.13. The number of rotatable bonds is 4. The van der Waals surface area contributed by atoms with Crippen molar-refractivity contribution in [3.63, 3.8) is 0 Å². The SMILES string of the molecule is NS(=O)(=O)N1CCN(C(=O)c2cn(C[C@@H]3CCCNC3)nn2)CC1. The Morgan fingerprint density at radius 2 is 2.08 bits per heavy atom. The van der Waals surface area contributed by atoms with Gasteiger partial charge in [-0.1, -0.05) is 5.21 Å². The van der Waals surface area contributed by atoms with Gasteiger partial charge in [0.05, 0.1) is 6.20 Å². The van der Waals surface area contributed by atoms with Crippen LogP contribution >= 0.6 is 0 Å². The molecule has 0 aromatic carbocycles. The van der Waals surface area contributed by atoms with Crippen LogP contribution in [0, 0.1) is 5.92 Å². The first-order chi connectivity index (χ1) is 11.4. The molecular weight excluding hydrogens is 334 g/mol. The fourth-order valence-electron chi connectivity index (χ4n) is 3.14. The molecule has 3 heterocycles. The third-order valence-corrected chi connectivity index (χ3v) is 5.57. The van der Waals surface area contributed by atoms with Crippen LogP contribution in [0.1, 0.15) is 23.3 Å². The molecule has 0 spiro atoms. The van der Waals surface area contributed by atoms with Crippen molar-refractivity contribution < 1.29 is 13.2 Å². The zero-order chi connectivity index (χ0) is 17.2. The van der Waals surface area contributed by atoms with E-state index in [2.05, 4.69) is 15.6 Å². The number of nitrogens with zero attached hydrogens (tertiary/aromatic N) is 5. The predicted molar refractivity (Wildman–Crippen MR) is 86.2 cm³/mol. The Kier molecular flexibility index (Phi) is 5.13. The quantitative estimate of drug-likeness (QED) is 0.657. The number of hydrogen-bond acceptors (Lipinski definition) is 6. The Morgan fingerprint density at radius 3 is 2.71 bits per heavy atom. The van der Waals surface area contributed by atoms with Gasteiger partial charge in [-0.25, -0.2) is 5.14 Å². The van der Waals surface area contributed by atoms with Gasteiger partial charge in [-0.3, -0.25) is 9.48 Å². The second-order valence-corrected chi connectivity index (χ2v) is 7.82. The maximum atomic E-state index is 12.5. The van der Waals surface area contributed by atoms with Gasteiger partial charge in [0.25, 0.3) is 16.1 Å². The first-order valence-corrected chi connectivity index (χ1v) is 9.62. The summed E-state index contributed by atoms with van der Waals surface area (Å²) in [6, 6.07) is 0. The maximum Gasteiger partial charge on any atom is 0.277 e. The summed E-state index contributed by atoms with van der Waals surface area (Å²) in [5.74, 6) is 0.277. The molecule has 10 nitrogen and oxygen atoms in total. The van der Waals surface area contributed by atoms with Gasteiger partial charge in [-0.05, 0) is 31.8 Å². The van der Waals surface area contributed by atoms with E-state index in [9.17, 15) is 13.2 Å². The number of carbonyl (C=O) groups excluding carboxylic acids is 1. The van der Waals surface area contributed by atoms with Gasteiger partial charge in [-0.2, -0.15) is 12.7 Å². The molecule has 2 saturated heterocycles. The van der Waals surface area contributed by atoms with Crippen molar-refractivity contribution in [1.82, 2.24) is 29.5 Å². The molecule has 0 saturated carbocycles. The van der Waals surface area contributed by atoms with Crippen LogP contribution in [-0.4, -0.2) is 77.8 Å². The summed E-state index contributed by atoms with van der Waals surface area (Å²) in [6.07, 6.45) is 3.97. The summed E-state index contributed by atoms with van der Waals surface area (Å²) < 4.78 is 25.5. The molecule has 1 amide bonds. The van der Waals surface area contributed by atoms with Gasteiger partial charge in [0.1, 0.15) is 0 Å². The zero-order valence-corrected chi connectivity index (χ0v) is 14.3. The lowest BCUT2D eigenvalue weighted by molar-refractivity contribution is 0.0692. The molecule has 0 bridgehead atoms. The number of carbonyl (C=O) groups is 1. The van der Waals surface area contributed by atoms with Gasteiger partial charge in [0, 0.05) is 32.7 Å². The lowest BCUT2D eigenvalue weighted by Gasteiger charge is -2.32. The average molecular weight is 357 g/mol. The molecule has 0 aliphatic carbocycles. The first-order valence-electron chi connectivity index (χ1n) is 8.11. The molecule has 134 valence electrons. The van der Waals surface area contributed by atoms with Gasteiger partial charge in [0.15, 0.2) is 5.69 Å². The zero-order valence-electron chi connectivity index (χ0n) is 13.5. The lowest BCUT2D eigenvalue weighted by Crippen LogP contribution is -2.52. The van der Waals surface area contributed by atoms with Crippen LogP contribution in [0.5, 0.6) is 0 Å². The molecule has 2 aliphatic heterocycles. The van der Waals surface area contributed by atoms with Crippen molar-refractivity contribution in [1.29, 1.82) is 0 Å². The minimum atomic E-state index is -3.69. The highest BCUT2D eigenvalue weighted by atomic mass is 32.2. The molecule has 0 unspecified atom stereocenters. The fourth-order valence-corrected chi connectivity index (χ4v) is 3.81. The average Bonchev–Trinajstić information content (AvgIpc) is 3.03. The number of piperazine rings is 1. The minimum absolute atomic E-state index is 0.201. The summed E-state index contributed by atoms with van der Waals surface area (Å²) >= 11 is 0. The topological polar surface area (TPSA) is 126 Å². The second-order valence-electron chi connectivity index (χ2n) is 6.27. The Hall–Kier alpha value is -1.56. The van der Waals surface area contributed by atoms with Crippen molar-refractivity contribution in [3.8, 4) is 0 Å². The molecule has 11 heteroatoms. The van der Waals surface area contributed by atoms with Crippen molar-refractivity contribution in [2.24, 2.45) is 11.1 Å². The summed E-state index contributed by atoms with van der Waals surface area (Å²) in [6.45, 7) is 3.76. The molecular formula is C13H23N7O3S. The number of amides is 1. The molecule has 2 fully saturated rings. The smallest absolute Gasteiger partial charge is 0.277 e. The summed E-state index contributed by atoms with van der Waals surface area (Å²) in [5, 5.41) is 16.5. The number of aromatic nitrogens is 3. The highest BCUT2D eigenvalue weighted by molar-refractivity contribution is 7.86. The van der Waals surface area contributed by atoms with Crippen molar-refractivity contribution in [2.75, 3.05) is 39.3 Å². The molecule has 24 heavy (non-hydrogen) atoms. The van der Waals surface area contributed by atoms with Crippen LogP contribution in [0.3, 0.4) is 0 Å². The van der Waals surface area contributed by atoms with Crippen LogP contribution in [0.2, 0.25) is 0 Å². The van der Waals surface area contributed by atoms with E-state index in [0.717, 1.165) is 32.5 Å². The largest absolute Gasteiger partial charge is 0.335 e. The molecule has 0 radical (unpaired) electrons. The second kappa shape index (κ2) is 7.13. The molecule has 3 N–H and O–H groups in total. The first kappa shape index (κ1) is 17.3. The van der Waals surface area contributed by atoms with E-state index in [0.29, 0.717) is 24.7 Å².